The Labute approximate surface area is 95.8 Å². The number of nitrogen functional groups attached to an aromatic ring is 1. The van der Waals surface area contributed by atoms with Crippen LogP contribution >= 0.6 is 11.6 Å². The average Bonchev–Trinajstić information content (AvgIpc) is 2.13. The summed E-state index contributed by atoms with van der Waals surface area (Å²) in [7, 11) is 4.00. The summed E-state index contributed by atoms with van der Waals surface area (Å²) in [6.07, 6.45) is 0. The molecule has 2 N–H and O–H groups in total. The minimum absolute atomic E-state index is 0.567. The van der Waals surface area contributed by atoms with E-state index in [4.69, 9.17) is 22.1 Å². The SMILES string of the molecule is Cc1cc(OCCN(C)C)c(Cl)cc1N. The van der Waals surface area contributed by atoms with Gasteiger partial charge in [0.2, 0.25) is 0 Å². The fraction of sp³-hybridized carbons (Fsp3) is 0.455. The predicted molar refractivity (Wildman–Crippen MR) is 64.7 cm³/mol. The van der Waals surface area contributed by atoms with Crippen molar-refractivity contribution >= 4 is 17.3 Å². The van der Waals surface area contributed by atoms with Crippen molar-refractivity contribution in [3.05, 3.63) is 22.7 Å². The van der Waals surface area contributed by atoms with Crippen LogP contribution in [0, 0.1) is 6.92 Å². The number of benzene rings is 1. The first kappa shape index (κ1) is 12.1. The zero-order valence-corrected chi connectivity index (χ0v) is 10.1. The van der Waals surface area contributed by atoms with Crippen molar-refractivity contribution in [2.24, 2.45) is 0 Å². The number of rotatable bonds is 4. The van der Waals surface area contributed by atoms with Crippen LogP contribution < -0.4 is 10.5 Å². The van der Waals surface area contributed by atoms with E-state index in [2.05, 4.69) is 4.90 Å². The number of likely N-dealkylation sites (N-methyl/N-ethyl adjacent to an activating group) is 1. The van der Waals surface area contributed by atoms with Gasteiger partial charge in [-0.05, 0) is 38.7 Å². The Bertz CT molecular complexity index is 340. The monoisotopic (exact) mass is 228 g/mol. The minimum atomic E-state index is 0.567. The van der Waals surface area contributed by atoms with Gasteiger partial charge in [0.05, 0.1) is 5.02 Å². The van der Waals surface area contributed by atoms with Gasteiger partial charge in [0.25, 0.3) is 0 Å². The molecule has 0 aromatic heterocycles. The lowest BCUT2D eigenvalue weighted by molar-refractivity contribution is 0.261. The summed E-state index contributed by atoms with van der Waals surface area (Å²) < 4.78 is 5.55. The Kier molecular flexibility index (Phi) is 4.24. The first-order valence-electron chi connectivity index (χ1n) is 4.84. The summed E-state index contributed by atoms with van der Waals surface area (Å²) in [5.41, 5.74) is 7.40. The van der Waals surface area contributed by atoms with Crippen molar-refractivity contribution in [1.29, 1.82) is 0 Å². The molecule has 0 unspecified atom stereocenters. The topological polar surface area (TPSA) is 38.5 Å². The molecule has 1 aromatic carbocycles. The molecule has 15 heavy (non-hydrogen) atoms. The summed E-state index contributed by atoms with van der Waals surface area (Å²) in [6, 6.07) is 3.59. The van der Waals surface area contributed by atoms with Crippen molar-refractivity contribution in [3.63, 3.8) is 0 Å². The second kappa shape index (κ2) is 5.24. The maximum Gasteiger partial charge on any atom is 0.138 e. The molecule has 0 aliphatic carbocycles. The second-order valence-corrected chi connectivity index (χ2v) is 4.20. The fourth-order valence-electron chi connectivity index (χ4n) is 1.12. The first-order chi connectivity index (χ1) is 7.00. The van der Waals surface area contributed by atoms with E-state index in [-0.39, 0.29) is 0 Å². The summed E-state index contributed by atoms with van der Waals surface area (Å²) in [5.74, 6) is 0.699. The van der Waals surface area contributed by atoms with E-state index in [0.29, 0.717) is 23.1 Å². The summed E-state index contributed by atoms with van der Waals surface area (Å²) in [5, 5.41) is 0.567. The highest BCUT2D eigenvalue weighted by atomic mass is 35.5. The molecule has 0 atom stereocenters. The number of hydrogen-bond donors (Lipinski definition) is 1. The van der Waals surface area contributed by atoms with Crippen molar-refractivity contribution in [2.75, 3.05) is 33.0 Å². The average molecular weight is 229 g/mol. The van der Waals surface area contributed by atoms with Crippen molar-refractivity contribution in [2.45, 2.75) is 6.92 Å². The molecule has 0 aliphatic heterocycles. The number of nitrogens with zero attached hydrogens (tertiary/aromatic N) is 1. The van der Waals surface area contributed by atoms with E-state index in [1.807, 2.05) is 27.1 Å². The largest absolute Gasteiger partial charge is 0.491 e. The highest BCUT2D eigenvalue weighted by Crippen LogP contribution is 2.29. The predicted octanol–water partition coefficient (Wildman–Crippen LogP) is 2.17. The highest BCUT2D eigenvalue weighted by Gasteiger charge is 2.04. The maximum atomic E-state index is 6.00. The molecule has 0 bridgehead atoms. The zero-order valence-electron chi connectivity index (χ0n) is 9.38. The molecule has 0 aliphatic rings. The van der Waals surface area contributed by atoms with E-state index in [9.17, 15) is 0 Å². The highest BCUT2D eigenvalue weighted by molar-refractivity contribution is 6.32. The fourth-order valence-corrected chi connectivity index (χ4v) is 1.35. The number of halogens is 1. The van der Waals surface area contributed by atoms with Crippen LogP contribution in [0.1, 0.15) is 5.56 Å². The lowest BCUT2D eigenvalue weighted by Gasteiger charge is -2.13. The van der Waals surface area contributed by atoms with E-state index >= 15 is 0 Å². The Morgan fingerprint density at radius 3 is 2.67 bits per heavy atom. The minimum Gasteiger partial charge on any atom is -0.491 e. The third kappa shape index (κ3) is 3.61. The van der Waals surface area contributed by atoms with Crippen LogP contribution in [-0.2, 0) is 0 Å². The van der Waals surface area contributed by atoms with E-state index < -0.39 is 0 Å². The number of aryl methyl sites for hydroxylation is 1. The molecular weight excluding hydrogens is 212 g/mol. The molecule has 84 valence electrons. The van der Waals surface area contributed by atoms with E-state index in [0.717, 1.165) is 12.1 Å². The van der Waals surface area contributed by atoms with Crippen molar-refractivity contribution in [1.82, 2.24) is 4.90 Å². The van der Waals surface area contributed by atoms with Crippen molar-refractivity contribution < 1.29 is 4.74 Å². The van der Waals surface area contributed by atoms with Gasteiger partial charge in [-0.2, -0.15) is 0 Å². The molecule has 1 aromatic rings. The summed E-state index contributed by atoms with van der Waals surface area (Å²) >= 11 is 6.00. The Hall–Kier alpha value is -0.930. The number of ether oxygens (including phenoxy) is 1. The Balaban J connectivity index is 2.65. The van der Waals surface area contributed by atoms with Crippen molar-refractivity contribution in [3.8, 4) is 5.75 Å². The molecule has 1 rings (SSSR count). The van der Waals surface area contributed by atoms with E-state index in [1.165, 1.54) is 0 Å². The molecule has 0 heterocycles. The van der Waals surface area contributed by atoms with Crippen LogP contribution in [0.25, 0.3) is 0 Å². The standard InChI is InChI=1S/C11H17ClN2O/c1-8-6-11(9(12)7-10(8)13)15-5-4-14(2)3/h6-7H,4-5,13H2,1-3H3. The summed E-state index contributed by atoms with van der Waals surface area (Å²) in [4.78, 5) is 2.05. The van der Waals surface area contributed by atoms with Crippen LogP contribution in [0.15, 0.2) is 12.1 Å². The van der Waals surface area contributed by atoms with Crippen LogP contribution in [0.2, 0.25) is 5.02 Å². The summed E-state index contributed by atoms with van der Waals surface area (Å²) in [6.45, 7) is 3.42. The van der Waals surface area contributed by atoms with Gasteiger partial charge in [0, 0.05) is 12.2 Å². The molecule has 0 spiro atoms. The van der Waals surface area contributed by atoms with Gasteiger partial charge >= 0.3 is 0 Å². The van der Waals surface area contributed by atoms with Crippen LogP contribution in [0.4, 0.5) is 5.69 Å². The van der Waals surface area contributed by atoms with Gasteiger partial charge in [0.15, 0.2) is 0 Å². The van der Waals surface area contributed by atoms with Gasteiger partial charge in [-0.1, -0.05) is 11.6 Å². The molecule has 0 radical (unpaired) electrons. The van der Waals surface area contributed by atoms with Gasteiger partial charge in [-0.25, -0.2) is 0 Å². The van der Waals surface area contributed by atoms with E-state index in [1.54, 1.807) is 6.07 Å². The molecule has 4 heteroatoms. The lowest BCUT2D eigenvalue weighted by Crippen LogP contribution is -2.19. The first-order valence-corrected chi connectivity index (χ1v) is 5.21. The molecule has 0 fully saturated rings. The second-order valence-electron chi connectivity index (χ2n) is 3.79. The normalized spacial score (nSPS) is 10.7. The van der Waals surface area contributed by atoms with Crippen LogP contribution in [0.3, 0.4) is 0 Å². The lowest BCUT2D eigenvalue weighted by atomic mass is 10.2. The molecule has 3 nitrogen and oxygen atoms in total. The van der Waals surface area contributed by atoms with Gasteiger partial charge in [-0.3, -0.25) is 0 Å². The maximum absolute atomic E-state index is 6.00. The van der Waals surface area contributed by atoms with Crippen LogP contribution in [-0.4, -0.2) is 32.1 Å². The quantitative estimate of drug-likeness (QED) is 0.803. The Morgan fingerprint density at radius 2 is 2.07 bits per heavy atom. The smallest absolute Gasteiger partial charge is 0.138 e. The van der Waals surface area contributed by atoms with Gasteiger partial charge < -0.3 is 15.4 Å². The van der Waals surface area contributed by atoms with Crippen LogP contribution in [0.5, 0.6) is 5.75 Å². The number of nitrogens with two attached hydrogens (primary N) is 1. The molecule has 0 saturated carbocycles. The molecular formula is C11H17ClN2O. The third-order valence-corrected chi connectivity index (χ3v) is 2.41. The number of hydrogen-bond acceptors (Lipinski definition) is 3. The number of anilines is 1. The Morgan fingerprint density at radius 1 is 1.40 bits per heavy atom. The molecule has 0 saturated heterocycles. The molecule has 0 amide bonds. The van der Waals surface area contributed by atoms with Gasteiger partial charge in [-0.15, -0.1) is 0 Å². The van der Waals surface area contributed by atoms with Gasteiger partial charge in [0.1, 0.15) is 12.4 Å². The zero-order chi connectivity index (χ0) is 11.4. The third-order valence-electron chi connectivity index (χ3n) is 2.12.